The van der Waals surface area contributed by atoms with Crippen LogP contribution in [0.15, 0.2) is 24.4 Å². The standard InChI is InChI=1S/C25H38N4O2/c30-24(28-18-16-27(17-19-28)23-9-3-4-14-26-23)13-11-22-8-5-15-29(20-22)25(31)12-10-21-6-1-2-7-21/h3-4,9,14,21-22H,1-2,5-8,10-13,15-20H2/t22-/m1/s1. The summed E-state index contributed by atoms with van der Waals surface area (Å²) in [5.74, 6) is 2.86. The summed E-state index contributed by atoms with van der Waals surface area (Å²) in [4.78, 5) is 36.2. The normalized spacial score (nSPS) is 22.7. The molecule has 6 nitrogen and oxygen atoms in total. The van der Waals surface area contributed by atoms with Crippen LogP contribution in [-0.4, -0.2) is 65.9 Å². The van der Waals surface area contributed by atoms with E-state index in [0.29, 0.717) is 18.2 Å². The van der Waals surface area contributed by atoms with Crippen LogP contribution < -0.4 is 4.90 Å². The van der Waals surface area contributed by atoms with Crippen LogP contribution in [0.3, 0.4) is 0 Å². The third-order valence-corrected chi connectivity index (χ3v) is 7.48. The minimum Gasteiger partial charge on any atom is -0.353 e. The van der Waals surface area contributed by atoms with E-state index < -0.39 is 0 Å². The van der Waals surface area contributed by atoms with Crippen molar-refractivity contribution in [1.82, 2.24) is 14.8 Å². The van der Waals surface area contributed by atoms with Crippen molar-refractivity contribution in [2.75, 3.05) is 44.2 Å². The van der Waals surface area contributed by atoms with Crippen LogP contribution in [0.2, 0.25) is 0 Å². The second kappa shape index (κ2) is 11.0. The van der Waals surface area contributed by atoms with Crippen molar-refractivity contribution in [2.24, 2.45) is 11.8 Å². The summed E-state index contributed by atoms with van der Waals surface area (Å²) in [6.07, 6.45) is 12.7. The van der Waals surface area contributed by atoms with E-state index >= 15 is 0 Å². The number of carbonyl (C=O) groups is 2. The number of pyridine rings is 1. The number of likely N-dealkylation sites (tertiary alicyclic amines) is 1. The summed E-state index contributed by atoms with van der Waals surface area (Å²) in [5, 5.41) is 0. The zero-order valence-electron chi connectivity index (χ0n) is 18.9. The fourth-order valence-electron chi connectivity index (χ4n) is 5.52. The summed E-state index contributed by atoms with van der Waals surface area (Å²) < 4.78 is 0. The first-order chi connectivity index (χ1) is 15.2. The molecule has 0 bridgehead atoms. The van der Waals surface area contributed by atoms with Crippen molar-refractivity contribution in [1.29, 1.82) is 0 Å². The lowest BCUT2D eigenvalue weighted by atomic mass is 9.92. The number of anilines is 1. The van der Waals surface area contributed by atoms with Gasteiger partial charge < -0.3 is 14.7 Å². The topological polar surface area (TPSA) is 56.8 Å². The van der Waals surface area contributed by atoms with E-state index in [1.54, 1.807) is 0 Å². The van der Waals surface area contributed by atoms with E-state index in [0.717, 1.165) is 83.1 Å². The number of hydrogen-bond acceptors (Lipinski definition) is 4. The van der Waals surface area contributed by atoms with Crippen LogP contribution in [0.4, 0.5) is 5.82 Å². The molecule has 4 rings (SSSR count). The van der Waals surface area contributed by atoms with Gasteiger partial charge in [0.2, 0.25) is 11.8 Å². The molecule has 0 aromatic carbocycles. The minimum atomic E-state index is 0.269. The van der Waals surface area contributed by atoms with Gasteiger partial charge in [-0.1, -0.05) is 31.7 Å². The van der Waals surface area contributed by atoms with Crippen molar-refractivity contribution in [3.05, 3.63) is 24.4 Å². The SMILES string of the molecule is O=C(CC[C@H]1CCCN(C(=O)CCC2CCCC2)C1)N1CCN(c2ccccn2)CC1. The van der Waals surface area contributed by atoms with Crippen LogP contribution in [0.1, 0.15) is 64.2 Å². The monoisotopic (exact) mass is 426 g/mol. The molecule has 2 amide bonds. The number of rotatable bonds is 7. The largest absolute Gasteiger partial charge is 0.353 e. The molecular weight excluding hydrogens is 388 g/mol. The smallest absolute Gasteiger partial charge is 0.222 e. The number of piperazine rings is 1. The average molecular weight is 427 g/mol. The Labute approximate surface area is 187 Å². The summed E-state index contributed by atoms with van der Waals surface area (Å²) >= 11 is 0. The van der Waals surface area contributed by atoms with E-state index in [4.69, 9.17) is 0 Å². The first kappa shape index (κ1) is 22.1. The molecule has 31 heavy (non-hydrogen) atoms. The molecule has 6 heteroatoms. The number of aromatic nitrogens is 1. The molecule has 1 aromatic rings. The molecule has 0 spiro atoms. The second-order valence-corrected chi connectivity index (χ2v) is 9.63. The summed E-state index contributed by atoms with van der Waals surface area (Å²) in [7, 11) is 0. The molecule has 3 aliphatic rings. The maximum absolute atomic E-state index is 12.8. The van der Waals surface area contributed by atoms with E-state index in [2.05, 4.69) is 14.8 Å². The second-order valence-electron chi connectivity index (χ2n) is 9.63. The molecule has 2 saturated heterocycles. The quantitative estimate of drug-likeness (QED) is 0.667. The first-order valence-corrected chi connectivity index (χ1v) is 12.4. The molecule has 0 N–H and O–H groups in total. The van der Waals surface area contributed by atoms with Gasteiger partial charge in [0, 0.05) is 58.3 Å². The van der Waals surface area contributed by atoms with Crippen LogP contribution in [-0.2, 0) is 9.59 Å². The van der Waals surface area contributed by atoms with Crippen LogP contribution in [0.25, 0.3) is 0 Å². The Hall–Kier alpha value is -2.11. The average Bonchev–Trinajstić information content (AvgIpc) is 3.35. The Kier molecular flexibility index (Phi) is 7.81. The van der Waals surface area contributed by atoms with Gasteiger partial charge in [0.05, 0.1) is 0 Å². The maximum atomic E-state index is 12.8. The van der Waals surface area contributed by atoms with E-state index in [1.165, 1.54) is 25.7 Å². The first-order valence-electron chi connectivity index (χ1n) is 12.4. The van der Waals surface area contributed by atoms with Gasteiger partial charge in [-0.3, -0.25) is 9.59 Å². The summed E-state index contributed by atoms with van der Waals surface area (Å²) in [6, 6.07) is 5.97. The number of piperidine rings is 1. The number of amides is 2. The zero-order chi connectivity index (χ0) is 21.5. The third kappa shape index (κ3) is 6.20. The minimum absolute atomic E-state index is 0.269. The Bertz CT molecular complexity index is 711. The number of nitrogens with zero attached hydrogens (tertiary/aromatic N) is 4. The predicted octanol–water partition coefficient (Wildman–Crippen LogP) is 3.72. The Morgan fingerprint density at radius 1 is 0.806 bits per heavy atom. The lowest BCUT2D eigenvalue weighted by Crippen LogP contribution is -2.49. The van der Waals surface area contributed by atoms with Crippen LogP contribution in [0, 0.1) is 11.8 Å². The summed E-state index contributed by atoms with van der Waals surface area (Å²) in [6.45, 7) is 4.98. The van der Waals surface area contributed by atoms with Crippen molar-refractivity contribution in [2.45, 2.75) is 64.2 Å². The lowest BCUT2D eigenvalue weighted by Gasteiger charge is -2.36. The highest BCUT2D eigenvalue weighted by Gasteiger charge is 2.27. The Morgan fingerprint density at radius 3 is 2.19 bits per heavy atom. The highest BCUT2D eigenvalue weighted by molar-refractivity contribution is 5.77. The van der Waals surface area contributed by atoms with E-state index in [1.807, 2.05) is 29.3 Å². The van der Waals surface area contributed by atoms with E-state index in [9.17, 15) is 9.59 Å². The van der Waals surface area contributed by atoms with Crippen molar-refractivity contribution < 1.29 is 9.59 Å². The molecule has 1 saturated carbocycles. The zero-order valence-corrected chi connectivity index (χ0v) is 18.9. The fraction of sp³-hybridized carbons (Fsp3) is 0.720. The van der Waals surface area contributed by atoms with Crippen molar-refractivity contribution in [3.63, 3.8) is 0 Å². The van der Waals surface area contributed by atoms with Crippen molar-refractivity contribution in [3.8, 4) is 0 Å². The van der Waals surface area contributed by atoms with Crippen LogP contribution >= 0.6 is 0 Å². The molecular formula is C25H38N4O2. The third-order valence-electron chi connectivity index (χ3n) is 7.48. The summed E-state index contributed by atoms with van der Waals surface area (Å²) in [5.41, 5.74) is 0. The van der Waals surface area contributed by atoms with Gasteiger partial charge in [-0.05, 0) is 49.7 Å². The van der Waals surface area contributed by atoms with E-state index in [-0.39, 0.29) is 5.91 Å². The number of hydrogen-bond donors (Lipinski definition) is 0. The van der Waals surface area contributed by atoms with Gasteiger partial charge in [0.1, 0.15) is 5.82 Å². The highest BCUT2D eigenvalue weighted by Crippen LogP contribution is 2.29. The van der Waals surface area contributed by atoms with Crippen LogP contribution in [0.5, 0.6) is 0 Å². The molecule has 0 unspecified atom stereocenters. The molecule has 1 atom stereocenters. The predicted molar refractivity (Wildman–Crippen MR) is 123 cm³/mol. The van der Waals surface area contributed by atoms with Gasteiger partial charge in [0.15, 0.2) is 0 Å². The molecule has 2 aliphatic heterocycles. The molecule has 1 aromatic heterocycles. The maximum Gasteiger partial charge on any atom is 0.222 e. The van der Waals surface area contributed by atoms with Gasteiger partial charge in [-0.15, -0.1) is 0 Å². The van der Waals surface area contributed by atoms with Gasteiger partial charge in [0.25, 0.3) is 0 Å². The molecule has 0 radical (unpaired) electrons. The van der Waals surface area contributed by atoms with Gasteiger partial charge in [-0.2, -0.15) is 0 Å². The van der Waals surface area contributed by atoms with Crippen molar-refractivity contribution >= 4 is 17.6 Å². The Balaban J connectivity index is 1.16. The number of carbonyl (C=O) groups excluding carboxylic acids is 2. The van der Waals surface area contributed by atoms with Gasteiger partial charge in [-0.25, -0.2) is 4.98 Å². The highest BCUT2D eigenvalue weighted by atomic mass is 16.2. The van der Waals surface area contributed by atoms with Gasteiger partial charge >= 0.3 is 0 Å². The molecule has 3 heterocycles. The molecule has 1 aliphatic carbocycles. The Morgan fingerprint density at radius 2 is 1.48 bits per heavy atom. The molecule has 170 valence electrons. The molecule has 3 fully saturated rings. The lowest BCUT2D eigenvalue weighted by molar-refractivity contribution is -0.133. The fourth-order valence-corrected chi connectivity index (χ4v) is 5.52.